The van der Waals surface area contributed by atoms with Crippen LogP contribution < -0.4 is 0 Å². The van der Waals surface area contributed by atoms with E-state index in [1.54, 1.807) is 11.8 Å². The Kier molecular flexibility index (Phi) is 4.60. The van der Waals surface area contributed by atoms with E-state index in [9.17, 15) is 4.79 Å². The summed E-state index contributed by atoms with van der Waals surface area (Å²) in [6, 6.07) is 0. The summed E-state index contributed by atoms with van der Waals surface area (Å²) in [6.45, 7) is 6.02. The minimum Gasteiger partial charge on any atom is -0.477 e. The molecule has 0 aliphatic carbocycles. The second-order valence-corrected chi connectivity index (χ2v) is 5.78. The van der Waals surface area contributed by atoms with Gasteiger partial charge in [-0.25, -0.2) is 9.78 Å². The summed E-state index contributed by atoms with van der Waals surface area (Å²) in [5.41, 5.74) is 0.721. The molecular formula is C10H15NO2S2. The molecule has 0 amide bonds. The number of carboxylic acid groups (broad SMARTS) is 1. The third kappa shape index (κ3) is 3.21. The maximum absolute atomic E-state index is 11.0. The van der Waals surface area contributed by atoms with Crippen molar-refractivity contribution in [1.29, 1.82) is 0 Å². The van der Waals surface area contributed by atoms with Gasteiger partial charge in [-0.15, -0.1) is 11.3 Å². The number of hydrogen-bond acceptors (Lipinski definition) is 4. The van der Waals surface area contributed by atoms with Crippen LogP contribution in [0.2, 0.25) is 0 Å². The molecule has 0 saturated carbocycles. The maximum Gasteiger partial charge on any atom is 0.347 e. The fourth-order valence-corrected chi connectivity index (χ4v) is 2.96. The number of aromatic nitrogens is 1. The Labute approximate surface area is 97.9 Å². The summed E-state index contributed by atoms with van der Waals surface area (Å²) in [4.78, 5) is 15.8. The Bertz CT molecular complexity index is 347. The summed E-state index contributed by atoms with van der Waals surface area (Å²) in [7, 11) is 0. The van der Waals surface area contributed by atoms with E-state index in [1.807, 2.05) is 13.8 Å². The van der Waals surface area contributed by atoms with Gasteiger partial charge in [-0.2, -0.15) is 11.8 Å². The first-order chi connectivity index (χ1) is 7.06. The molecule has 0 atom stereocenters. The standard InChI is InChI=1S/C10H15NO2S2/c1-4-14-5-7-11-8(6(2)3)9(15-7)10(12)13/h6H,4-5H2,1-3H3,(H,12,13). The van der Waals surface area contributed by atoms with Crippen molar-refractivity contribution in [3.05, 3.63) is 15.6 Å². The lowest BCUT2D eigenvalue weighted by atomic mass is 10.1. The van der Waals surface area contributed by atoms with Crippen LogP contribution in [-0.2, 0) is 5.75 Å². The molecule has 15 heavy (non-hydrogen) atoms. The molecule has 0 aliphatic rings. The average molecular weight is 245 g/mol. The number of hydrogen-bond donors (Lipinski definition) is 1. The van der Waals surface area contributed by atoms with E-state index in [0.717, 1.165) is 22.2 Å². The molecule has 3 nitrogen and oxygen atoms in total. The number of nitrogens with zero attached hydrogens (tertiary/aromatic N) is 1. The summed E-state index contributed by atoms with van der Waals surface area (Å²) in [6.07, 6.45) is 0. The van der Waals surface area contributed by atoms with Gasteiger partial charge in [-0.3, -0.25) is 0 Å². The Balaban J connectivity index is 2.93. The highest BCUT2D eigenvalue weighted by Crippen LogP contribution is 2.27. The van der Waals surface area contributed by atoms with Gasteiger partial charge in [-0.1, -0.05) is 20.8 Å². The lowest BCUT2D eigenvalue weighted by molar-refractivity contribution is 0.0700. The molecule has 0 unspecified atom stereocenters. The van der Waals surface area contributed by atoms with Crippen LogP contribution in [0, 0.1) is 0 Å². The van der Waals surface area contributed by atoms with Crippen molar-refractivity contribution in [2.45, 2.75) is 32.4 Å². The van der Waals surface area contributed by atoms with Gasteiger partial charge >= 0.3 is 5.97 Å². The Morgan fingerprint density at radius 2 is 2.27 bits per heavy atom. The number of carboxylic acids is 1. The Hall–Kier alpha value is -0.550. The minimum absolute atomic E-state index is 0.174. The van der Waals surface area contributed by atoms with E-state index in [4.69, 9.17) is 5.11 Å². The van der Waals surface area contributed by atoms with Crippen molar-refractivity contribution in [2.24, 2.45) is 0 Å². The van der Waals surface area contributed by atoms with Crippen LogP contribution in [0.1, 0.15) is 47.1 Å². The predicted octanol–water partition coefficient (Wildman–Crippen LogP) is 3.22. The first-order valence-corrected chi connectivity index (χ1v) is 6.84. The predicted molar refractivity (Wildman–Crippen MR) is 65.0 cm³/mol. The van der Waals surface area contributed by atoms with Gasteiger partial charge in [0.05, 0.1) is 5.69 Å². The first kappa shape index (κ1) is 12.5. The summed E-state index contributed by atoms with van der Waals surface area (Å²) in [5, 5.41) is 9.94. The number of aromatic carboxylic acids is 1. The molecule has 84 valence electrons. The SMILES string of the molecule is CCSCc1nc(C(C)C)c(C(=O)O)s1. The molecule has 1 aromatic heterocycles. The zero-order valence-electron chi connectivity index (χ0n) is 9.11. The second-order valence-electron chi connectivity index (χ2n) is 3.42. The van der Waals surface area contributed by atoms with E-state index in [-0.39, 0.29) is 5.92 Å². The van der Waals surface area contributed by atoms with Gasteiger partial charge < -0.3 is 5.11 Å². The first-order valence-electron chi connectivity index (χ1n) is 4.86. The van der Waals surface area contributed by atoms with Crippen molar-refractivity contribution in [1.82, 2.24) is 4.98 Å². The quantitative estimate of drug-likeness (QED) is 0.865. The molecule has 1 N–H and O–H groups in total. The zero-order chi connectivity index (χ0) is 11.4. The number of carbonyl (C=O) groups is 1. The van der Waals surface area contributed by atoms with Crippen molar-refractivity contribution < 1.29 is 9.90 Å². The molecule has 0 radical (unpaired) electrons. The Morgan fingerprint density at radius 1 is 1.60 bits per heavy atom. The normalized spacial score (nSPS) is 10.9. The molecular weight excluding hydrogens is 230 g/mol. The molecule has 0 fully saturated rings. The molecule has 5 heteroatoms. The molecule has 1 aromatic rings. The molecule has 1 rings (SSSR count). The van der Waals surface area contributed by atoms with Gasteiger partial charge in [0, 0.05) is 5.75 Å². The molecule has 0 saturated heterocycles. The summed E-state index contributed by atoms with van der Waals surface area (Å²) < 4.78 is 0. The second kappa shape index (κ2) is 5.51. The highest BCUT2D eigenvalue weighted by molar-refractivity contribution is 7.98. The molecule has 0 spiro atoms. The molecule has 1 heterocycles. The van der Waals surface area contributed by atoms with Crippen LogP contribution in [0.4, 0.5) is 0 Å². The molecule has 0 aliphatic heterocycles. The highest BCUT2D eigenvalue weighted by Gasteiger charge is 2.19. The van der Waals surface area contributed by atoms with Crippen molar-refractivity contribution >= 4 is 29.1 Å². The average Bonchev–Trinajstić information content (AvgIpc) is 2.58. The van der Waals surface area contributed by atoms with E-state index in [1.165, 1.54) is 11.3 Å². The smallest absolute Gasteiger partial charge is 0.347 e. The lowest BCUT2D eigenvalue weighted by Crippen LogP contribution is -2.00. The largest absolute Gasteiger partial charge is 0.477 e. The van der Waals surface area contributed by atoms with Gasteiger partial charge in [0.1, 0.15) is 9.88 Å². The van der Waals surface area contributed by atoms with Crippen LogP contribution in [0.3, 0.4) is 0 Å². The molecule has 0 aromatic carbocycles. The van der Waals surface area contributed by atoms with Crippen molar-refractivity contribution in [2.75, 3.05) is 5.75 Å². The van der Waals surface area contributed by atoms with E-state index in [0.29, 0.717) is 4.88 Å². The molecule has 0 bridgehead atoms. The van der Waals surface area contributed by atoms with E-state index in [2.05, 4.69) is 11.9 Å². The van der Waals surface area contributed by atoms with Crippen molar-refractivity contribution in [3.63, 3.8) is 0 Å². The van der Waals surface area contributed by atoms with E-state index >= 15 is 0 Å². The van der Waals surface area contributed by atoms with Gasteiger partial charge in [-0.05, 0) is 11.7 Å². The number of thioether (sulfide) groups is 1. The number of thiazole rings is 1. The summed E-state index contributed by atoms with van der Waals surface area (Å²) in [5.74, 6) is 1.16. The Morgan fingerprint density at radius 3 is 2.67 bits per heavy atom. The fraction of sp³-hybridized carbons (Fsp3) is 0.600. The third-order valence-electron chi connectivity index (χ3n) is 1.87. The monoisotopic (exact) mass is 245 g/mol. The van der Waals surface area contributed by atoms with Crippen LogP contribution in [0.5, 0.6) is 0 Å². The minimum atomic E-state index is -0.857. The van der Waals surface area contributed by atoms with Gasteiger partial charge in [0.15, 0.2) is 0 Å². The van der Waals surface area contributed by atoms with Crippen LogP contribution in [0.25, 0.3) is 0 Å². The van der Waals surface area contributed by atoms with Gasteiger partial charge in [0.2, 0.25) is 0 Å². The highest BCUT2D eigenvalue weighted by atomic mass is 32.2. The number of rotatable bonds is 5. The van der Waals surface area contributed by atoms with Crippen LogP contribution in [-0.4, -0.2) is 21.8 Å². The van der Waals surface area contributed by atoms with E-state index < -0.39 is 5.97 Å². The van der Waals surface area contributed by atoms with Crippen LogP contribution in [0.15, 0.2) is 0 Å². The van der Waals surface area contributed by atoms with Crippen molar-refractivity contribution in [3.8, 4) is 0 Å². The maximum atomic E-state index is 11.0. The fourth-order valence-electron chi connectivity index (χ4n) is 1.17. The topological polar surface area (TPSA) is 50.2 Å². The van der Waals surface area contributed by atoms with Crippen LogP contribution >= 0.6 is 23.1 Å². The lowest BCUT2D eigenvalue weighted by Gasteiger charge is -2.00. The third-order valence-corrected chi connectivity index (χ3v) is 4.00. The zero-order valence-corrected chi connectivity index (χ0v) is 10.7. The van der Waals surface area contributed by atoms with Gasteiger partial charge in [0.25, 0.3) is 0 Å². The summed E-state index contributed by atoms with van der Waals surface area (Å²) >= 11 is 3.07.